The molecule has 0 saturated carbocycles. The Morgan fingerprint density at radius 1 is 0.235 bits per heavy atom. The molecule has 0 fully saturated rings. The van der Waals surface area contributed by atoms with Gasteiger partial charge in [-0.2, -0.15) is 0 Å². The average Bonchev–Trinajstić information content (AvgIpc) is 0.770. The second-order valence-electron chi connectivity index (χ2n) is 17.8. The van der Waals surface area contributed by atoms with Crippen LogP contribution in [-0.4, -0.2) is 216 Å². The van der Waals surface area contributed by atoms with E-state index in [2.05, 4.69) is 0 Å². The van der Waals surface area contributed by atoms with E-state index < -0.39 is 117 Å². The van der Waals surface area contributed by atoms with E-state index in [4.69, 9.17) is 0 Å². The molecule has 520 valence electrons. The van der Waals surface area contributed by atoms with Crippen molar-refractivity contribution in [2.45, 2.75) is 29.4 Å². The molecule has 0 N–H and O–H groups in total. The third-order valence-corrected chi connectivity index (χ3v) is 17.1. The molecular weight excluding hydrogens is 1950 g/mol. The average molecular weight is 1990 g/mol. The van der Waals surface area contributed by atoms with Crippen molar-refractivity contribution in [1.29, 1.82) is 0 Å². The first-order valence-electron chi connectivity index (χ1n) is 24.2. The first-order valence-corrected chi connectivity index (χ1v) is 32.7. The summed E-state index contributed by atoms with van der Waals surface area (Å²) in [6.07, 6.45) is 0. The van der Waals surface area contributed by atoms with Crippen molar-refractivity contribution in [1.82, 2.24) is 0 Å². The summed E-state index contributed by atoms with van der Waals surface area (Å²) in [5, 5.41) is 5.37. The Labute approximate surface area is 739 Å². The molecule has 11 aromatic carbocycles. The number of fused-ring (bicyclic) bond motifs is 4. The van der Waals surface area contributed by atoms with Crippen LogP contribution in [0.5, 0.6) is 0 Å². The van der Waals surface area contributed by atoms with Crippen LogP contribution in [0.4, 0.5) is 35.1 Å². The van der Waals surface area contributed by atoms with Gasteiger partial charge in [0.25, 0.3) is 0 Å². The molecule has 11 aromatic rings. The molecule has 0 spiro atoms. The SMILES string of the molecule is O=S(=O)([O-])c1c(F)c(F)c(F)c(F)c1F.O=S(=O)([O-])c1c(F)cc(F)cc1F.O=S(=O)([O-])c1c2ccccc2cc2ccccc12.O=S(=O)([O-])c1ccc(-c2ccccc2)cc1.O=S(=O)([O-])c1ccc2ccccc2c1.O=S(=O)([O-])c1cccc2ccccc12.[Br-].[Br-].[Br-].[Br-].[Br-].[Br-].[Mg+2].[Mg+2].[Mg+2].[Mg+2].[Mg+2].[Mg+2]. The van der Waals surface area contributed by atoms with Crippen molar-refractivity contribution in [2.24, 2.45) is 0 Å². The van der Waals surface area contributed by atoms with Gasteiger partial charge in [-0.3, -0.25) is 0 Å². The third kappa shape index (κ3) is 32.0. The maximum Gasteiger partial charge on any atom is 2.00 e. The molecule has 0 aliphatic rings. The standard InChI is InChI=1S/C14H10O3S.C12H10O3S.2C10H8O3S.C6HF5O3S.C6H3F3O3S.6BrH.6Mg/c15-18(16,17)14-12-7-3-1-5-10(12)9-11-6-2-4-8-13(11)14;13-16(14,15)12-8-6-11(7-9-12)10-4-2-1-3-5-10;11-14(12,13)10-7-3-5-8-4-1-2-6-9(8)10;11-14(12,13)10-6-5-8-3-1-2-4-9(8)7-10;7-1-2(8)4(10)6(15(12,13)14)5(11)3(1)9;7-3-1-4(8)6(5(9)2-3)13(10,11)12;;;;;;;;;;;;/h1-9H,(H,15,16,17);1-9H,(H,13,14,15);2*1-7H,(H,11,12,13);(H,12,13,14);1-2H,(H,10,11,12);6*1H;;;;;;/q;;;;;;;;;;;;6*+2/p-12. The molecule has 0 aliphatic heterocycles. The zero-order valence-electron chi connectivity index (χ0n) is 51.0. The molecule has 0 amide bonds. The number of hydrogen-bond acceptors (Lipinski definition) is 18. The molecular formula is C58H34Br6F8Mg6O18S6. The largest absolute Gasteiger partial charge is 2.00 e. The summed E-state index contributed by atoms with van der Waals surface area (Å²) in [4.78, 5) is -4.71. The Balaban J connectivity index is -0.000000208. The van der Waals surface area contributed by atoms with Crippen LogP contribution in [0.1, 0.15) is 0 Å². The molecule has 18 nitrogen and oxygen atoms in total. The molecule has 0 unspecified atom stereocenters. The Kier molecular flexibility index (Phi) is 55.0. The summed E-state index contributed by atoms with van der Waals surface area (Å²) in [5.74, 6) is -17.6. The van der Waals surface area contributed by atoms with Crippen molar-refractivity contribution < 1.29 is 215 Å². The molecule has 11 rings (SSSR count). The van der Waals surface area contributed by atoms with E-state index in [0.29, 0.717) is 16.2 Å². The topological polar surface area (TPSA) is 343 Å². The predicted octanol–water partition coefficient (Wildman–Crippen LogP) is -9.32. The van der Waals surface area contributed by atoms with Gasteiger partial charge in [0, 0.05) is 12.1 Å². The van der Waals surface area contributed by atoms with E-state index >= 15 is 0 Å². The summed E-state index contributed by atoms with van der Waals surface area (Å²) in [6.45, 7) is 0. The van der Waals surface area contributed by atoms with Gasteiger partial charge in [0.1, 0.15) is 88.0 Å². The van der Waals surface area contributed by atoms with Crippen LogP contribution in [0.3, 0.4) is 0 Å². The first kappa shape index (κ1) is 114. The number of halogens is 14. The Morgan fingerprint density at radius 3 is 0.951 bits per heavy atom. The van der Waals surface area contributed by atoms with Crippen molar-refractivity contribution in [3.05, 3.63) is 253 Å². The smallest absolute Gasteiger partial charge is 1.00 e. The van der Waals surface area contributed by atoms with Gasteiger partial charge in [-0.25, -0.2) is 85.6 Å². The van der Waals surface area contributed by atoms with Crippen molar-refractivity contribution in [3.63, 3.8) is 0 Å². The third-order valence-electron chi connectivity index (χ3n) is 11.9. The Bertz CT molecular complexity index is 5180. The van der Waals surface area contributed by atoms with Crippen LogP contribution >= 0.6 is 0 Å². The maximum absolute atomic E-state index is 12.6. The summed E-state index contributed by atoms with van der Waals surface area (Å²) >= 11 is 0. The van der Waals surface area contributed by atoms with Gasteiger partial charge in [-0.1, -0.05) is 158 Å². The molecule has 102 heavy (non-hydrogen) atoms. The van der Waals surface area contributed by atoms with Crippen LogP contribution in [0.15, 0.2) is 236 Å². The monoisotopic (exact) mass is 1980 g/mol. The quantitative estimate of drug-likeness (QED) is 0.0357. The van der Waals surface area contributed by atoms with Crippen molar-refractivity contribution in [2.75, 3.05) is 0 Å². The molecule has 0 aromatic heterocycles. The molecule has 0 aliphatic carbocycles. The minimum absolute atomic E-state index is 0. The molecule has 0 bridgehead atoms. The summed E-state index contributed by atoms with van der Waals surface area (Å²) in [7, 11) is -28.6. The van der Waals surface area contributed by atoms with Crippen LogP contribution in [0.2, 0.25) is 0 Å². The molecule has 44 heteroatoms. The fraction of sp³-hybridized carbons (Fsp3) is 0. The minimum atomic E-state index is -5.77. The van der Waals surface area contributed by atoms with Crippen LogP contribution < -0.4 is 102 Å². The Hall–Kier alpha value is -1.16. The van der Waals surface area contributed by atoms with Gasteiger partial charge in [0.15, 0.2) is 23.3 Å². The maximum atomic E-state index is 12.6. The number of benzene rings is 11. The van der Waals surface area contributed by atoms with E-state index in [1.165, 1.54) is 30.3 Å². The van der Waals surface area contributed by atoms with Crippen molar-refractivity contribution >= 4 is 242 Å². The zero-order chi connectivity index (χ0) is 66.9. The summed E-state index contributed by atoms with van der Waals surface area (Å²) in [5.41, 5.74) is 1.87. The van der Waals surface area contributed by atoms with Crippen LogP contribution in [0, 0.1) is 46.5 Å². The second kappa shape index (κ2) is 49.2. The zero-order valence-corrected chi connectivity index (χ0v) is 73.9. The first-order chi connectivity index (χ1) is 41.8. The van der Waals surface area contributed by atoms with Crippen molar-refractivity contribution in [3.8, 4) is 11.1 Å². The number of rotatable bonds is 7. The van der Waals surface area contributed by atoms with Gasteiger partial charge in [0.05, 0.1) is 19.6 Å². The van der Waals surface area contributed by atoms with Gasteiger partial charge < -0.3 is 129 Å². The van der Waals surface area contributed by atoms with E-state index in [-0.39, 0.29) is 272 Å². The van der Waals surface area contributed by atoms with E-state index in [1.807, 2.05) is 60.7 Å². The molecule has 0 radical (unpaired) electrons. The predicted molar refractivity (Wildman–Crippen MR) is 336 cm³/mol. The molecule has 0 heterocycles. The summed E-state index contributed by atoms with van der Waals surface area (Å²) in [6, 6.07) is 54.7. The summed E-state index contributed by atoms with van der Waals surface area (Å²) < 4.78 is 292. The minimum Gasteiger partial charge on any atom is -1.00 e. The van der Waals surface area contributed by atoms with Gasteiger partial charge in [0.2, 0.25) is 5.82 Å². The fourth-order valence-electron chi connectivity index (χ4n) is 7.99. The van der Waals surface area contributed by atoms with Crippen LogP contribution in [0.25, 0.3) is 54.2 Å². The van der Waals surface area contributed by atoms with Gasteiger partial charge in [-0.05, 0) is 90.6 Å². The van der Waals surface area contributed by atoms with Gasteiger partial charge in [-0.15, -0.1) is 0 Å². The number of hydrogen-bond donors (Lipinski definition) is 0. The van der Waals surface area contributed by atoms with E-state index in [1.54, 1.807) is 103 Å². The molecule has 0 saturated heterocycles. The van der Waals surface area contributed by atoms with Crippen LogP contribution in [-0.2, 0) is 60.7 Å². The van der Waals surface area contributed by atoms with E-state index in [0.717, 1.165) is 38.1 Å². The fourth-order valence-corrected chi connectivity index (χ4v) is 11.8. The molecule has 0 atom stereocenters. The van der Waals surface area contributed by atoms with Gasteiger partial charge >= 0.3 is 138 Å². The normalized spacial score (nSPS) is 10.4. The van der Waals surface area contributed by atoms with E-state index in [9.17, 15) is 113 Å². The second-order valence-corrected chi connectivity index (χ2v) is 25.9. The Morgan fingerprint density at radius 2 is 0.559 bits per heavy atom.